The Morgan fingerprint density at radius 1 is 1.07 bits per heavy atom. The first-order valence-electron chi connectivity index (χ1n) is 9.69. The van der Waals surface area contributed by atoms with Gasteiger partial charge in [-0.25, -0.2) is 0 Å². The maximum absolute atomic E-state index is 12.6. The quantitative estimate of drug-likeness (QED) is 0.788. The molecule has 1 fully saturated rings. The molecule has 3 rings (SSSR count). The number of hydrogen-bond acceptors (Lipinski definition) is 3. The predicted octanol–water partition coefficient (Wildman–Crippen LogP) is 4.61. The summed E-state index contributed by atoms with van der Waals surface area (Å²) in [5, 5.41) is 3.89. The minimum Gasteiger partial charge on any atom is -0.368 e. The van der Waals surface area contributed by atoms with E-state index >= 15 is 0 Å². The number of piperazine rings is 1. The van der Waals surface area contributed by atoms with E-state index in [0.717, 1.165) is 49.0 Å². The summed E-state index contributed by atoms with van der Waals surface area (Å²) in [5.74, 6) is 0.484. The average molecular weight is 386 g/mol. The third-order valence-electron chi connectivity index (χ3n) is 5.31. The number of halogens is 1. The Hall–Kier alpha value is -2.04. The highest BCUT2D eigenvalue weighted by molar-refractivity contribution is 6.33. The summed E-state index contributed by atoms with van der Waals surface area (Å²) in [6.07, 6.45) is 1.05. The topological polar surface area (TPSA) is 35.6 Å². The van der Waals surface area contributed by atoms with Crippen LogP contribution in [0.15, 0.2) is 48.5 Å². The van der Waals surface area contributed by atoms with Gasteiger partial charge in [-0.15, -0.1) is 0 Å². The lowest BCUT2D eigenvalue weighted by atomic mass is 9.97. The molecule has 27 heavy (non-hydrogen) atoms. The highest BCUT2D eigenvalue weighted by Crippen LogP contribution is 2.27. The van der Waals surface area contributed by atoms with Gasteiger partial charge < -0.3 is 10.2 Å². The van der Waals surface area contributed by atoms with Crippen LogP contribution in [-0.2, 0) is 4.79 Å². The largest absolute Gasteiger partial charge is 0.368 e. The van der Waals surface area contributed by atoms with E-state index < -0.39 is 0 Å². The summed E-state index contributed by atoms with van der Waals surface area (Å²) in [4.78, 5) is 17.1. The number of nitrogens with zero attached hydrogens (tertiary/aromatic N) is 2. The van der Waals surface area contributed by atoms with Crippen molar-refractivity contribution in [2.24, 2.45) is 0 Å². The molecule has 0 saturated carbocycles. The molecule has 5 heteroatoms. The van der Waals surface area contributed by atoms with Crippen LogP contribution in [0.25, 0.3) is 0 Å². The molecule has 1 N–H and O–H groups in total. The highest BCUT2D eigenvalue weighted by atomic mass is 35.5. The van der Waals surface area contributed by atoms with Gasteiger partial charge in [0.25, 0.3) is 0 Å². The molecule has 0 spiro atoms. The Morgan fingerprint density at radius 3 is 2.44 bits per heavy atom. The standard InChI is InChI=1S/C22H28ClN3O/c1-3-17(2)18-8-4-6-10-20(18)24-22(27)16-25-12-14-26(15-13-25)21-11-7-5-9-19(21)23/h4-11,17H,3,12-16H2,1-2H3,(H,24,27)/t17-/m1/s1. The zero-order valence-corrected chi connectivity index (χ0v) is 16.9. The van der Waals surface area contributed by atoms with Crippen molar-refractivity contribution in [1.82, 2.24) is 4.90 Å². The van der Waals surface area contributed by atoms with Gasteiger partial charge in [0.1, 0.15) is 0 Å². The first-order chi connectivity index (χ1) is 13.1. The van der Waals surface area contributed by atoms with Crippen molar-refractivity contribution in [3.8, 4) is 0 Å². The minimum absolute atomic E-state index is 0.0527. The normalized spacial score (nSPS) is 16.2. The van der Waals surface area contributed by atoms with Crippen LogP contribution in [-0.4, -0.2) is 43.5 Å². The highest BCUT2D eigenvalue weighted by Gasteiger charge is 2.21. The van der Waals surface area contributed by atoms with Crippen molar-refractivity contribution in [2.45, 2.75) is 26.2 Å². The smallest absolute Gasteiger partial charge is 0.238 e. The molecule has 1 amide bonds. The minimum atomic E-state index is 0.0527. The first kappa shape index (κ1) is 19.7. The Kier molecular flexibility index (Phi) is 6.75. The van der Waals surface area contributed by atoms with Gasteiger partial charge in [-0.2, -0.15) is 0 Å². The third kappa shape index (κ3) is 5.02. The lowest BCUT2D eigenvalue weighted by molar-refractivity contribution is -0.117. The Morgan fingerprint density at radius 2 is 1.74 bits per heavy atom. The SMILES string of the molecule is CC[C@@H](C)c1ccccc1NC(=O)CN1CCN(c2ccccc2Cl)CC1. The van der Waals surface area contributed by atoms with Crippen molar-refractivity contribution in [3.63, 3.8) is 0 Å². The van der Waals surface area contributed by atoms with Crippen LogP contribution in [0.4, 0.5) is 11.4 Å². The Balaban J connectivity index is 1.54. The number of hydrogen-bond donors (Lipinski definition) is 1. The molecule has 2 aromatic carbocycles. The van der Waals surface area contributed by atoms with E-state index in [9.17, 15) is 4.79 Å². The van der Waals surface area contributed by atoms with Gasteiger partial charge in [0.05, 0.1) is 17.3 Å². The molecule has 1 aliphatic rings. The summed E-state index contributed by atoms with van der Waals surface area (Å²) in [7, 11) is 0. The lowest BCUT2D eigenvalue weighted by Crippen LogP contribution is -2.48. The zero-order valence-electron chi connectivity index (χ0n) is 16.1. The van der Waals surface area contributed by atoms with E-state index in [-0.39, 0.29) is 5.91 Å². The van der Waals surface area contributed by atoms with Gasteiger partial charge in [0.2, 0.25) is 5.91 Å². The maximum Gasteiger partial charge on any atom is 0.238 e. The monoisotopic (exact) mass is 385 g/mol. The second-order valence-corrected chi connectivity index (χ2v) is 7.57. The van der Waals surface area contributed by atoms with Crippen molar-refractivity contribution in [3.05, 3.63) is 59.1 Å². The summed E-state index contributed by atoms with van der Waals surface area (Å²) < 4.78 is 0. The number of carbonyl (C=O) groups is 1. The number of carbonyl (C=O) groups excluding carboxylic acids is 1. The number of anilines is 2. The van der Waals surface area contributed by atoms with Crippen LogP contribution in [0.5, 0.6) is 0 Å². The van der Waals surface area contributed by atoms with Gasteiger partial charge in [-0.1, -0.05) is 55.8 Å². The fraction of sp³-hybridized carbons (Fsp3) is 0.409. The van der Waals surface area contributed by atoms with Gasteiger partial charge in [0.15, 0.2) is 0 Å². The molecular formula is C22H28ClN3O. The molecule has 0 bridgehead atoms. The molecule has 144 valence electrons. The van der Waals surface area contributed by atoms with Crippen molar-refractivity contribution in [1.29, 1.82) is 0 Å². The molecule has 4 nitrogen and oxygen atoms in total. The fourth-order valence-electron chi connectivity index (χ4n) is 3.51. The predicted molar refractivity (Wildman–Crippen MR) is 114 cm³/mol. The molecule has 1 saturated heterocycles. The molecule has 0 aliphatic carbocycles. The number of para-hydroxylation sites is 2. The van der Waals surface area contributed by atoms with Gasteiger partial charge >= 0.3 is 0 Å². The van der Waals surface area contributed by atoms with Crippen molar-refractivity contribution >= 4 is 28.9 Å². The molecule has 1 atom stereocenters. The fourth-order valence-corrected chi connectivity index (χ4v) is 3.76. The second kappa shape index (κ2) is 9.25. The van der Waals surface area contributed by atoms with E-state index in [1.807, 2.05) is 36.4 Å². The Labute approximate surface area is 167 Å². The zero-order chi connectivity index (χ0) is 19.2. The number of nitrogens with one attached hydrogen (secondary N) is 1. The maximum atomic E-state index is 12.6. The van der Waals surface area contributed by atoms with Crippen LogP contribution >= 0.6 is 11.6 Å². The summed E-state index contributed by atoms with van der Waals surface area (Å²) in [6, 6.07) is 16.0. The van der Waals surface area contributed by atoms with E-state index in [0.29, 0.717) is 12.5 Å². The second-order valence-electron chi connectivity index (χ2n) is 7.16. The van der Waals surface area contributed by atoms with Crippen LogP contribution in [0.3, 0.4) is 0 Å². The van der Waals surface area contributed by atoms with Crippen LogP contribution in [0.1, 0.15) is 31.7 Å². The molecule has 0 aromatic heterocycles. The molecule has 2 aromatic rings. The first-order valence-corrected chi connectivity index (χ1v) is 10.1. The van der Waals surface area contributed by atoms with E-state index in [4.69, 9.17) is 11.6 Å². The summed E-state index contributed by atoms with van der Waals surface area (Å²) in [5.41, 5.74) is 3.22. The molecule has 1 heterocycles. The number of rotatable bonds is 6. The van der Waals surface area contributed by atoms with Crippen molar-refractivity contribution < 1.29 is 4.79 Å². The molecule has 1 aliphatic heterocycles. The van der Waals surface area contributed by atoms with Crippen LogP contribution in [0.2, 0.25) is 5.02 Å². The lowest BCUT2D eigenvalue weighted by Gasteiger charge is -2.36. The van der Waals surface area contributed by atoms with E-state index in [2.05, 4.69) is 41.1 Å². The average Bonchev–Trinajstić information content (AvgIpc) is 2.69. The van der Waals surface area contributed by atoms with Crippen LogP contribution in [0, 0.1) is 0 Å². The number of benzene rings is 2. The molecule has 0 unspecified atom stereocenters. The van der Waals surface area contributed by atoms with Gasteiger partial charge in [0, 0.05) is 31.9 Å². The van der Waals surface area contributed by atoms with Gasteiger partial charge in [-0.05, 0) is 36.1 Å². The molecular weight excluding hydrogens is 358 g/mol. The van der Waals surface area contributed by atoms with Gasteiger partial charge in [-0.3, -0.25) is 9.69 Å². The molecule has 0 radical (unpaired) electrons. The summed E-state index contributed by atoms with van der Waals surface area (Å²) >= 11 is 6.30. The van der Waals surface area contributed by atoms with E-state index in [1.54, 1.807) is 0 Å². The third-order valence-corrected chi connectivity index (χ3v) is 5.63. The van der Waals surface area contributed by atoms with Crippen LogP contribution < -0.4 is 10.2 Å². The van der Waals surface area contributed by atoms with E-state index in [1.165, 1.54) is 5.56 Å². The van der Waals surface area contributed by atoms with Crippen molar-refractivity contribution in [2.75, 3.05) is 42.9 Å². The number of amides is 1. The summed E-state index contributed by atoms with van der Waals surface area (Å²) in [6.45, 7) is 8.24. The Bertz CT molecular complexity index is 772.